The van der Waals surface area contributed by atoms with E-state index in [0.29, 0.717) is 11.4 Å². The predicted octanol–water partition coefficient (Wildman–Crippen LogP) is 1.68. The first-order valence-electron chi connectivity index (χ1n) is 4.61. The minimum Gasteiger partial charge on any atom is -0.340 e. The summed E-state index contributed by atoms with van der Waals surface area (Å²) in [4.78, 5) is 18.1. The fraction of sp³-hybridized carbons (Fsp3) is 0.500. The van der Waals surface area contributed by atoms with Crippen LogP contribution in [0, 0.1) is 24.2 Å². The maximum atomic E-state index is 11.9. The predicted molar refractivity (Wildman–Crippen MR) is 58.6 cm³/mol. The Kier molecular flexibility index (Phi) is 3.81. The van der Waals surface area contributed by atoms with Gasteiger partial charge in [0.05, 0.1) is 23.2 Å². The lowest BCUT2D eigenvalue weighted by Gasteiger charge is -2.17. The van der Waals surface area contributed by atoms with E-state index in [1.54, 1.807) is 24.4 Å². The number of nitrogens with zero attached hydrogens (tertiary/aromatic N) is 3. The lowest BCUT2D eigenvalue weighted by molar-refractivity contribution is 0.0789. The molecular weight excluding hydrogens is 210 g/mol. The van der Waals surface area contributed by atoms with E-state index in [2.05, 4.69) is 11.1 Å². The van der Waals surface area contributed by atoms with Gasteiger partial charge in [0.15, 0.2) is 0 Å². The summed E-state index contributed by atoms with van der Waals surface area (Å²) in [6.45, 7) is 4.06. The van der Waals surface area contributed by atoms with Crippen molar-refractivity contribution in [3.05, 3.63) is 16.1 Å². The van der Waals surface area contributed by atoms with Crippen LogP contribution in [-0.2, 0) is 0 Å². The van der Waals surface area contributed by atoms with Crippen LogP contribution in [0.1, 0.15) is 22.3 Å². The Bertz CT molecular complexity index is 394. The molecule has 1 heterocycles. The molecule has 1 rings (SSSR count). The zero-order valence-electron chi connectivity index (χ0n) is 9.02. The van der Waals surface area contributed by atoms with Crippen molar-refractivity contribution in [2.24, 2.45) is 5.92 Å². The third-order valence-corrected chi connectivity index (χ3v) is 2.97. The summed E-state index contributed by atoms with van der Waals surface area (Å²) in [5.74, 6) is -0.204. The highest BCUT2D eigenvalue weighted by molar-refractivity contribution is 7.11. The van der Waals surface area contributed by atoms with Gasteiger partial charge in [-0.05, 0) is 13.8 Å². The summed E-state index contributed by atoms with van der Waals surface area (Å²) in [6.07, 6.45) is 0. The second-order valence-corrected chi connectivity index (χ2v) is 4.34. The molecule has 4 nitrogen and oxygen atoms in total. The van der Waals surface area contributed by atoms with Crippen molar-refractivity contribution < 1.29 is 4.79 Å². The number of nitriles is 1. The number of carbonyl (C=O) groups is 1. The average molecular weight is 223 g/mol. The zero-order valence-corrected chi connectivity index (χ0v) is 9.84. The molecule has 1 aromatic heterocycles. The quantitative estimate of drug-likeness (QED) is 0.783. The molecular formula is C10H13N3OS. The van der Waals surface area contributed by atoms with Gasteiger partial charge < -0.3 is 4.90 Å². The molecule has 1 unspecified atom stereocenters. The van der Waals surface area contributed by atoms with E-state index in [1.807, 2.05) is 6.92 Å². The van der Waals surface area contributed by atoms with Crippen molar-refractivity contribution in [3.63, 3.8) is 0 Å². The number of thiazole rings is 1. The minimum absolute atomic E-state index is 0.0582. The Morgan fingerprint density at radius 1 is 1.80 bits per heavy atom. The largest absolute Gasteiger partial charge is 0.340 e. The van der Waals surface area contributed by atoms with E-state index in [9.17, 15) is 4.79 Å². The summed E-state index contributed by atoms with van der Waals surface area (Å²) in [5.41, 5.74) is 2.41. The van der Waals surface area contributed by atoms with Gasteiger partial charge in [-0.2, -0.15) is 5.26 Å². The van der Waals surface area contributed by atoms with Crippen molar-refractivity contribution >= 4 is 17.2 Å². The number of amides is 1. The average Bonchev–Trinajstić information content (AvgIpc) is 2.63. The van der Waals surface area contributed by atoms with Gasteiger partial charge in [-0.15, -0.1) is 11.3 Å². The minimum atomic E-state index is -0.146. The number of aryl methyl sites for hydroxylation is 1. The van der Waals surface area contributed by atoms with Crippen molar-refractivity contribution in [1.82, 2.24) is 9.88 Å². The summed E-state index contributed by atoms with van der Waals surface area (Å²) in [6, 6.07) is 2.10. The van der Waals surface area contributed by atoms with Crippen LogP contribution in [0.25, 0.3) is 0 Å². The van der Waals surface area contributed by atoms with Gasteiger partial charge >= 0.3 is 0 Å². The summed E-state index contributed by atoms with van der Waals surface area (Å²) in [5, 5.41) is 8.65. The SMILES string of the molecule is Cc1ncsc1C(=O)N(C)CC(C)C#N. The van der Waals surface area contributed by atoms with Crippen LogP contribution < -0.4 is 0 Å². The van der Waals surface area contributed by atoms with Crippen LogP contribution in [0.2, 0.25) is 0 Å². The second kappa shape index (κ2) is 4.89. The van der Waals surface area contributed by atoms with Crippen molar-refractivity contribution in [1.29, 1.82) is 5.26 Å². The van der Waals surface area contributed by atoms with Gasteiger partial charge in [-0.3, -0.25) is 4.79 Å². The Morgan fingerprint density at radius 2 is 2.47 bits per heavy atom. The number of rotatable bonds is 3. The molecule has 0 radical (unpaired) electrons. The van der Waals surface area contributed by atoms with Crippen molar-refractivity contribution in [2.45, 2.75) is 13.8 Å². The van der Waals surface area contributed by atoms with Gasteiger partial charge in [0.25, 0.3) is 5.91 Å². The van der Waals surface area contributed by atoms with E-state index < -0.39 is 0 Å². The first-order valence-corrected chi connectivity index (χ1v) is 5.49. The van der Waals surface area contributed by atoms with Gasteiger partial charge in [0.2, 0.25) is 0 Å². The molecule has 0 aliphatic carbocycles. The first-order chi connectivity index (χ1) is 7.06. The molecule has 0 aliphatic heterocycles. The van der Waals surface area contributed by atoms with Crippen LogP contribution in [0.5, 0.6) is 0 Å². The van der Waals surface area contributed by atoms with E-state index >= 15 is 0 Å². The standard InChI is InChI=1S/C10H13N3OS/c1-7(4-11)5-13(3)10(14)9-8(2)12-6-15-9/h6-7H,5H2,1-3H3. The van der Waals surface area contributed by atoms with E-state index in [-0.39, 0.29) is 11.8 Å². The number of carbonyl (C=O) groups excluding carboxylic acids is 1. The summed E-state index contributed by atoms with van der Waals surface area (Å²) >= 11 is 1.34. The third-order valence-electron chi connectivity index (χ3n) is 2.05. The van der Waals surface area contributed by atoms with Gasteiger partial charge in [0.1, 0.15) is 4.88 Å². The van der Waals surface area contributed by atoms with Crippen molar-refractivity contribution in [3.8, 4) is 6.07 Å². The van der Waals surface area contributed by atoms with E-state index in [1.165, 1.54) is 11.3 Å². The smallest absolute Gasteiger partial charge is 0.265 e. The summed E-state index contributed by atoms with van der Waals surface area (Å²) < 4.78 is 0. The Labute approximate surface area is 93.2 Å². The molecule has 15 heavy (non-hydrogen) atoms. The molecule has 0 spiro atoms. The number of hydrogen-bond donors (Lipinski definition) is 0. The molecule has 0 aromatic carbocycles. The van der Waals surface area contributed by atoms with E-state index in [0.717, 1.165) is 5.69 Å². The molecule has 0 saturated carbocycles. The molecule has 5 heteroatoms. The molecule has 1 amide bonds. The lowest BCUT2D eigenvalue weighted by Crippen LogP contribution is -2.30. The van der Waals surface area contributed by atoms with Gasteiger partial charge in [-0.1, -0.05) is 0 Å². The highest BCUT2D eigenvalue weighted by atomic mass is 32.1. The van der Waals surface area contributed by atoms with Crippen LogP contribution >= 0.6 is 11.3 Å². The van der Waals surface area contributed by atoms with E-state index in [4.69, 9.17) is 5.26 Å². The van der Waals surface area contributed by atoms with Gasteiger partial charge in [0, 0.05) is 13.6 Å². The molecule has 0 fully saturated rings. The maximum Gasteiger partial charge on any atom is 0.265 e. The van der Waals surface area contributed by atoms with Crippen LogP contribution in [0.3, 0.4) is 0 Å². The molecule has 0 aliphatic rings. The Hall–Kier alpha value is -1.41. The monoisotopic (exact) mass is 223 g/mol. The molecule has 1 aromatic rings. The fourth-order valence-electron chi connectivity index (χ4n) is 1.22. The topological polar surface area (TPSA) is 57.0 Å². The molecule has 0 saturated heterocycles. The third kappa shape index (κ3) is 2.77. The summed E-state index contributed by atoms with van der Waals surface area (Å²) in [7, 11) is 1.70. The fourth-order valence-corrected chi connectivity index (χ4v) is 2.01. The molecule has 80 valence electrons. The molecule has 0 N–H and O–H groups in total. The Balaban J connectivity index is 2.70. The second-order valence-electron chi connectivity index (χ2n) is 3.48. The zero-order chi connectivity index (χ0) is 11.4. The first kappa shape index (κ1) is 11.7. The normalized spacial score (nSPS) is 11.9. The van der Waals surface area contributed by atoms with Gasteiger partial charge in [-0.25, -0.2) is 4.98 Å². The molecule has 1 atom stereocenters. The number of hydrogen-bond acceptors (Lipinski definition) is 4. The lowest BCUT2D eigenvalue weighted by atomic mass is 10.2. The van der Waals surface area contributed by atoms with Crippen molar-refractivity contribution in [2.75, 3.05) is 13.6 Å². The molecule has 0 bridgehead atoms. The van der Waals surface area contributed by atoms with Crippen LogP contribution in [-0.4, -0.2) is 29.4 Å². The highest BCUT2D eigenvalue weighted by Crippen LogP contribution is 2.14. The Morgan fingerprint density at radius 3 is 2.93 bits per heavy atom. The highest BCUT2D eigenvalue weighted by Gasteiger charge is 2.17. The van der Waals surface area contributed by atoms with Crippen LogP contribution in [0.15, 0.2) is 5.51 Å². The maximum absolute atomic E-state index is 11.9. The van der Waals surface area contributed by atoms with Crippen LogP contribution in [0.4, 0.5) is 0 Å². The number of aromatic nitrogens is 1.